The molecule has 1 unspecified atom stereocenters. The summed E-state index contributed by atoms with van der Waals surface area (Å²) in [4.78, 5) is 6.03. The largest absolute Gasteiger partial charge is 0.497 e. The van der Waals surface area contributed by atoms with Gasteiger partial charge in [-0.2, -0.15) is 0 Å². The number of benzene rings is 1. The summed E-state index contributed by atoms with van der Waals surface area (Å²) < 4.78 is 10.7. The smallest absolute Gasteiger partial charge is 0.178 e. The first-order valence-electron chi connectivity index (χ1n) is 7.51. The van der Waals surface area contributed by atoms with Crippen molar-refractivity contribution in [1.29, 1.82) is 0 Å². The van der Waals surface area contributed by atoms with Gasteiger partial charge in [-0.3, -0.25) is 4.98 Å². The molecule has 0 spiro atoms. The summed E-state index contributed by atoms with van der Waals surface area (Å²) in [5.74, 6) is 1.75. The van der Waals surface area contributed by atoms with Crippen LogP contribution in [-0.2, 0) is 12.3 Å². The van der Waals surface area contributed by atoms with Crippen LogP contribution in [0.1, 0.15) is 11.1 Å². The van der Waals surface area contributed by atoms with E-state index in [4.69, 9.17) is 9.47 Å². The fraction of sp³-hybridized carbons (Fsp3) is 0.278. The van der Waals surface area contributed by atoms with Gasteiger partial charge >= 0.3 is 0 Å². The fourth-order valence-electron chi connectivity index (χ4n) is 2.79. The summed E-state index contributed by atoms with van der Waals surface area (Å²) in [6.45, 7) is 4.60. The van der Waals surface area contributed by atoms with E-state index in [1.165, 1.54) is 11.8 Å². The SMILES string of the molecule is C=C1SCC(O)(c2ccc(OC)cc2OC)N1Cc1cccnc1. The average Bonchev–Trinajstić information content (AvgIpc) is 2.91. The number of aromatic nitrogens is 1. The number of thioether (sulfide) groups is 1. The van der Waals surface area contributed by atoms with Gasteiger partial charge in [0.1, 0.15) is 11.5 Å². The van der Waals surface area contributed by atoms with Gasteiger partial charge in [-0.15, -0.1) is 11.8 Å². The van der Waals surface area contributed by atoms with Crippen molar-refractivity contribution in [2.24, 2.45) is 0 Å². The summed E-state index contributed by atoms with van der Waals surface area (Å²) in [5.41, 5.74) is 0.503. The summed E-state index contributed by atoms with van der Waals surface area (Å²) in [7, 11) is 3.19. The number of hydrogen-bond acceptors (Lipinski definition) is 6. The normalized spacial score (nSPS) is 20.3. The van der Waals surface area contributed by atoms with Gasteiger partial charge in [0.25, 0.3) is 0 Å². The molecule has 126 valence electrons. The highest BCUT2D eigenvalue weighted by molar-refractivity contribution is 8.03. The number of hydrogen-bond donors (Lipinski definition) is 1. The minimum absolute atomic E-state index is 0.481. The number of nitrogens with zero attached hydrogens (tertiary/aromatic N) is 2. The molecule has 1 aromatic carbocycles. The van der Waals surface area contributed by atoms with Crippen LogP contribution in [0.2, 0.25) is 0 Å². The fourth-order valence-corrected chi connectivity index (χ4v) is 3.84. The Hall–Kier alpha value is -2.18. The first-order chi connectivity index (χ1) is 11.6. The number of pyridine rings is 1. The van der Waals surface area contributed by atoms with Gasteiger partial charge in [-0.1, -0.05) is 12.6 Å². The van der Waals surface area contributed by atoms with Crippen LogP contribution in [0.25, 0.3) is 0 Å². The quantitative estimate of drug-likeness (QED) is 0.900. The zero-order valence-electron chi connectivity index (χ0n) is 13.7. The highest BCUT2D eigenvalue weighted by atomic mass is 32.2. The Morgan fingerprint density at radius 3 is 2.83 bits per heavy atom. The lowest BCUT2D eigenvalue weighted by molar-refractivity contribution is -0.0696. The molecule has 1 N–H and O–H groups in total. The van der Waals surface area contributed by atoms with Crippen LogP contribution in [0.4, 0.5) is 0 Å². The minimum atomic E-state index is -1.20. The topological polar surface area (TPSA) is 54.8 Å². The molecule has 0 radical (unpaired) electrons. The van der Waals surface area contributed by atoms with E-state index in [9.17, 15) is 5.11 Å². The van der Waals surface area contributed by atoms with Gasteiger partial charge in [0, 0.05) is 30.6 Å². The third-order valence-electron chi connectivity index (χ3n) is 4.09. The zero-order valence-corrected chi connectivity index (χ0v) is 14.5. The molecule has 1 aromatic heterocycles. The molecule has 1 aliphatic rings. The van der Waals surface area contributed by atoms with Crippen molar-refractivity contribution < 1.29 is 14.6 Å². The predicted molar refractivity (Wildman–Crippen MR) is 94.8 cm³/mol. The molecule has 0 bridgehead atoms. The minimum Gasteiger partial charge on any atom is -0.497 e. The standard InChI is InChI=1S/C18H20N2O3S/c1-13-20(11-14-5-4-8-19-10-14)18(21,12-24-13)16-7-6-15(22-2)9-17(16)23-3/h4-10,21H,1,11-12H2,2-3H3. The lowest BCUT2D eigenvalue weighted by atomic mass is 10.0. The lowest BCUT2D eigenvalue weighted by Crippen LogP contribution is -2.42. The van der Waals surface area contributed by atoms with E-state index in [0.29, 0.717) is 29.4 Å². The van der Waals surface area contributed by atoms with Crippen LogP contribution < -0.4 is 9.47 Å². The first-order valence-corrected chi connectivity index (χ1v) is 8.50. The molecule has 0 saturated carbocycles. The molecule has 24 heavy (non-hydrogen) atoms. The van der Waals surface area contributed by atoms with Crippen LogP contribution in [0, 0.1) is 0 Å². The van der Waals surface area contributed by atoms with Crippen molar-refractivity contribution in [3.63, 3.8) is 0 Å². The Morgan fingerprint density at radius 2 is 2.17 bits per heavy atom. The molecule has 0 aliphatic carbocycles. The number of methoxy groups -OCH3 is 2. The molecule has 5 nitrogen and oxygen atoms in total. The van der Waals surface area contributed by atoms with E-state index in [1.807, 2.05) is 29.2 Å². The maximum atomic E-state index is 11.4. The Morgan fingerprint density at radius 1 is 1.33 bits per heavy atom. The van der Waals surface area contributed by atoms with E-state index in [2.05, 4.69) is 11.6 Å². The van der Waals surface area contributed by atoms with Crippen LogP contribution in [0.5, 0.6) is 11.5 Å². The van der Waals surface area contributed by atoms with Gasteiger partial charge < -0.3 is 19.5 Å². The first kappa shape index (κ1) is 16.7. The van der Waals surface area contributed by atoms with E-state index in [0.717, 1.165) is 10.6 Å². The zero-order chi connectivity index (χ0) is 17.2. The summed E-state index contributed by atoms with van der Waals surface area (Å²) in [6.07, 6.45) is 3.53. The van der Waals surface area contributed by atoms with E-state index < -0.39 is 5.72 Å². The van der Waals surface area contributed by atoms with E-state index in [-0.39, 0.29) is 0 Å². The summed E-state index contributed by atoms with van der Waals surface area (Å²) in [6, 6.07) is 9.31. The van der Waals surface area contributed by atoms with Crippen LogP contribution >= 0.6 is 11.8 Å². The third kappa shape index (κ3) is 2.95. The molecule has 0 amide bonds. The Balaban J connectivity index is 1.99. The van der Waals surface area contributed by atoms with Gasteiger partial charge in [-0.25, -0.2) is 0 Å². The number of aliphatic hydroxyl groups is 1. The summed E-state index contributed by atoms with van der Waals surface area (Å²) >= 11 is 1.53. The molecule has 3 rings (SSSR count). The Kier molecular flexibility index (Phi) is 4.69. The second-order valence-electron chi connectivity index (χ2n) is 5.51. The van der Waals surface area contributed by atoms with Crippen molar-refractivity contribution in [2.75, 3.05) is 20.0 Å². The molecule has 6 heteroatoms. The third-order valence-corrected chi connectivity index (χ3v) is 5.19. The van der Waals surface area contributed by atoms with Gasteiger partial charge in [0.05, 0.1) is 25.0 Å². The summed E-state index contributed by atoms with van der Waals surface area (Å²) in [5, 5.41) is 12.3. The molecular formula is C18H20N2O3S. The highest BCUT2D eigenvalue weighted by Crippen LogP contribution is 2.47. The van der Waals surface area contributed by atoms with Crippen LogP contribution in [-0.4, -0.2) is 35.0 Å². The molecule has 1 aliphatic heterocycles. The molecule has 1 saturated heterocycles. The van der Waals surface area contributed by atoms with Crippen LogP contribution in [0.3, 0.4) is 0 Å². The monoisotopic (exact) mass is 344 g/mol. The maximum absolute atomic E-state index is 11.4. The van der Waals surface area contributed by atoms with Gasteiger partial charge in [0.2, 0.25) is 0 Å². The van der Waals surface area contributed by atoms with E-state index >= 15 is 0 Å². The van der Waals surface area contributed by atoms with Crippen molar-refractivity contribution >= 4 is 11.8 Å². The second kappa shape index (κ2) is 6.75. The van der Waals surface area contributed by atoms with Crippen LogP contribution in [0.15, 0.2) is 54.3 Å². The average molecular weight is 344 g/mol. The highest BCUT2D eigenvalue weighted by Gasteiger charge is 2.45. The molecule has 2 aromatic rings. The molecule has 2 heterocycles. The maximum Gasteiger partial charge on any atom is 0.178 e. The number of rotatable bonds is 5. The lowest BCUT2D eigenvalue weighted by Gasteiger charge is -2.36. The predicted octanol–water partition coefficient (Wildman–Crippen LogP) is 2.96. The molecular weight excluding hydrogens is 324 g/mol. The Bertz CT molecular complexity index is 738. The van der Waals surface area contributed by atoms with E-state index in [1.54, 1.807) is 32.7 Å². The van der Waals surface area contributed by atoms with Crippen molar-refractivity contribution in [1.82, 2.24) is 9.88 Å². The van der Waals surface area contributed by atoms with Crippen molar-refractivity contribution in [3.05, 3.63) is 65.5 Å². The number of ether oxygens (including phenoxy) is 2. The Labute approximate surface area is 145 Å². The second-order valence-corrected chi connectivity index (χ2v) is 6.56. The molecule has 1 atom stereocenters. The van der Waals surface area contributed by atoms with Crippen molar-refractivity contribution in [2.45, 2.75) is 12.3 Å². The van der Waals surface area contributed by atoms with Gasteiger partial charge in [0.15, 0.2) is 5.72 Å². The van der Waals surface area contributed by atoms with Gasteiger partial charge in [-0.05, 0) is 23.8 Å². The van der Waals surface area contributed by atoms with Crippen molar-refractivity contribution in [3.8, 4) is 11.5 Å². The molecule has 1 fully saturated rings.